The Morgan fingerprint density at radius 1 is 1.08 bits per heavy atom. The molecule has 4 nitrogen and oxygen atoms in total. The number of nitrogens with zero attached hydrogens (tertiary/aromatic N) is 1. The Morgan fingerprint density at radius 2 is 1.77 bits per heavy atom. The second-order valence-electron chi connectivity index (χ2n) is 8.17. The summed E-state index contributed by atoms with van der Waals surface area (Å²) in [6.45, 7) is 1.89. The number of hydrogen-bond acceptors (Lipinski definition) is 4. The van der Waals surface area contributed by atoms with Crippen molar-refractivity contribution in [2.45, 2.75) is 82.5 Å². The van der Waals surface area contributed by atoms with Gasteiger partial charge in [0.25, 0.3) is 0 Å². The van der Waals surface area contributed by atoms with Gasteiger partial charge in [-0.05, 0) is 38.8 Å². The van der Waals surface area contributed by atoms with E-state index in [0.29, 0.717) is 25.2 Å². The average molecular weight is 361 g/mol. The molecule has 0 aromatic heterocycles. The van der Waals surface area contributed by atoms with Gasteiger partial charge in [-0.2, -0.15) is 0 Å². The maximum atomic E-state index is 10.4. The molecule has 0 radical (unpaired) electrons. The van der Waals surface area contributed by atoms with Gasteiger partial charge in [-0.3, -0.25) is 0 Å². The molecular weight excluding hydrogens is 324 g/mol. The predicted molar refractivity (Wildman–Crippen MR) is 107 cm³/mol. The molecule has 26 heavy (non-hydrogen) atoms. The Bertz CT molecular complexity index is 525. The standard InChI is InChI=1S/C22H36N2O2/c1-24(20-12-3-2-4-13-20)16-21(25)17-26-22-14-8-5-9-18(22)15-23-19-10-6-7-11-19/h5,8-9,14,19-21,23,25H,2-4,6-7,10-13,15-17H2,1H3/t21-/m0/s1. The van der Waals surface area contributed by atoms with E-state index in [1.165, 1.54) is 63.4 Å². The monoisotopic (exact) mass is 360 g/mol. The van der Waals surface area contributed by atoms with Crippen LogP contribution in [0.15, 0.2) is 24.3 Å². The second-order valence-corrected chi connectivity index (χ2v) is 8.17. The van der Waals surface area contributed by atoms with Gasteiger partial charge in [0.05, 0.1) is 0 Å². The fourth-order valence-corrected chi connectivity index (χ4v) is 4.42. The van der Waals surface area contributed by atoms with E-state index >= 15 is 0 Å². The van der Waals surface area contributed by atoms with Crippen molar-refractivity contribution < 1.29 is 9.84 Å². The maximum Gasteiger partial charge on any atom is 0.123 e. The van der Waals surface area contributed by atoms with Crippen molar-refractivity contribution in [3.8, 4) is 5.75 Å². The number of aliphatic hydroxyl groups excluding tert-OH is 1. The van der Waals surface area contributed by atoms with Crippen molar-refractivity contribution >= 4 is 0 Å². The number of para-hydroxylation sites is 1. The molecule has 146 valence electrons. The maximum absolute atomic E-state index is 10.4. The number of rotatable bonds is 9. The fourth-order valence-electron chi connectivity index (χ4n) is 4.42. The van der Waals surface area contributed by atoms with Crippen LogP contribution < -0.4 is 10.1 Å². The van der Waals surface area contributed by atoms with Crippen molar-refractivity contribution in [3.63, 3.8) is 0 Å². The van der Waals surface area contributed by atoms with Gasteiger partial charge in [0, 0.05) is 30.7 Å². The van der Waals surface area contributed by atoms with Gasteiger partial charge in [0.2, 0.25) is 0 Å². The van der Waals surface area contributed by atoms with E-state index in [0.717, 1.165) is 12.3 Å². The summed E-state index contributed by atoms with van der Waals surface area (Å²) in [4.78, 5) is 2.32. The molecule has 2 aliphatic rings. The molecule has 2 fully saturated rings. The zero-order valence-corrected chi connectivity index (χ0v) is 16.3. The Hall–Kier alpha value is -1.10. The molecule has 2 N–H and O–H groups in total. The summed E-state index contributed by atoms with van der Waals surface area (Å²) in [6.07, 6.45) is 11.3. The number of likely N-dealkylation sites (N-methyl/N-ethyl adjacent to an activating group) is 1. The van der Waals surface area contributed by atoms with Crippen LogP contribution in [0.5, 0.6) is 5.75 Å². The first kappa shape index (κ1) is 19.7. The molecule has 1 aromatic carbocycles. The third-order valence-electron chi connectivity index (χ3n) is 6.04. The third kappa shape index (κ3) is 5.97. The van der Waals surface area contributed by atoms with Gasteiger partial charge in [0.1, 0.15) is 18.5 Å². The normalized spacial score (nSPS) is 20.6. The summed E-state index contributed by atoms with van der Waals surface area (Å²) in [5, 5.41) is 14.1. The molecule has 4 heteroatoms. The summed E-state index contributed by atoms with van der Waals surface area (Å²) in [7, 11) is 2.14. The third-order valence-corrected chi connectivity index (χ3v) is 6.04. The number of nitrogens with one attached hydrogen (secondary N) is 1. The van der Waals surface area contributed by atoms with E-state index in [9.17, 15) is 5.11 Å². The Morgan fingerprint density at radius 3 is 2.54 bits per heavy atom. The fraction of sp³-hybridized carbons (Fsp3) is 0.727. The van der Waals surface area contributed by atoms with Gasteiger partial charge in [0.15, 0.2) is 0 Å². The highest BCUT2D eigenvalue weighted by atomic mass is 16.5. The molecule has 0 aliphatic heterocycles. The molecule has 0 bridgehead atoms. The quantitative estimate of drug-likeness (QED) is 0.704. The molecule has 0 unspecified atom stereocenters. The molecule has 2 saturated carbocycles. The summed E-state index contributed by atoms with van der Waals surface area (Å²) in [5.41, 5.74) is 1.19. The highest BCUT2D eigenvalue weighted by molar-refractivity contribution is 5.33. The summed E-state index contributed by atoms with van der Waals surface area (Å²) >= 11 is 0. The van der Waals surface area contributed by atoms with Crippen LogP contribution in [0.4, 0.5) is 0 Å². The predicted octanol–water partition coefficient (Wildman–Crippen LogP) is 3.72. The molecule has 1 aromatic rings. The van der Waals surface area contributed by atoms with E-state index in [-0.39, 0.29) is 0 Å². The van der Waals surface area contributed by atoms with Crippen LogP contribution in [0.25, 0.3) is 0 Å². The van der Waals surface area contributed by atoms with Crippen molar-refractivity contribution in [2.24, 2.45) is 0 Å². The molecule has 0 saturated heterocycles. The van der Waals surface area contributed by atoms with Crippen LogP contribution in [-0.2, 0) is 6.54 Å². The van der Waals surface area contributed by atoms with Crippen LogP contribution in [0.1, 0.15) is 63.4 Å². The summed E-state index contributed by atoms with van der Waals surface area (Å²) < 4.78 is 5.99. The van der Waals surface area contributed by atoms with Crippen molar-refractivity contribution in [3.05, 3.63) is 29.8 Å². The molecule has 0 amide bonds. The van der Waals surface area contributed by atoms with Gasteiger partial charge in [-0.25, -0.2) is 0 Å². The minimum Gasteiger partial charge on any atom is -0.491 e. The second kappa shape index (κ2) is 10.3. The first-order valence-corrected chi connectivity index (χ1v) is 10.5. The Balaban J connectivity index is 1.44. The van der Waals surface area contributed by atoms with Gasteiger partial charge in [-0.15, -0.1) is 0 Å². The van der Waals surface area contributed by atoms with Crippen molar-refractivity contribution in [2.75, 3.05) is 20.2 Å². The summed E-state index contributed by atoms with van der Waals surface area (Å²) in [6, 6.07) is 9.49. The number of benzene rings is 1. The molecule has 0 spiro atoms. The Kier molecular flexibility index (Phi) is 7.78. The van der Waals surface area contributed by atoms with E-state index in [1.54, 1.807) is 0 Å². The lowest BCUT2D eigenvalue weighted by Crippen LogP contribution is -2.40. The average Bonchev–Trinajstić information content (AvgIpc) is 3.19. The zero-order valence-electron chi connectivity index (χ0n) is 16.3. The highest BCUT2D eigenvalue weighted by Crippen LogP contribution is 2.23. The van der Waals surface area contributed by atoms with Crippen molar-refractivity contribution in [1.29, 1.82) is 0 Å². The minimum absolute atomic E-state index is 0.359. The topological polar surface area (TPSA) is 44.7 Å². The lowest BCUT2D eigenvalue weighted by Gasteiger charge is -2.32. The van der Waals surface area contributed by atoms with E-state index in [4.69, 9.17) is 4.74 Å². The molecule has 3 rings (SSSR count). The smallest absolute Gasteiger partial charge is 0.123 e. The van der Waals surface area contributed by atoms with E-state index < -0.39 is 6.10 Å². The van der Waals surface area contributed by atoms with Crippen LogP contribution in [0.3, 0.4) is 0 Å². The first-order chi connectivity index (χ1) is 12.7. The van der Waals surface area contributed by atoms with Crippen LogP contribution >= 0.6 is 0 Å². The largest absolute Gasteiger partial charge is 0.491 e. The van der Waals surface area contributed by atoms with Gasteiger partial charge in [-0.1, -0.05) is 50.3 Å². The highest BCUT2D eigenvalue weighted by Gasteiger charge is 2.20. The molecule has 0 heterocycles. The lowest BCUT2D eigenvalue weighted by atomic mass is 9.94. The molecule has 2 aliphatic carbocycles. The zero-order chi connectivity index (χ0) is 18.2. The first-order valence-electron chi connectivity index (χ1n) is 10.5. The van der Waals surface area contributed by atoms with Gasteiger partial charge >= 0.3 is 0 Å². The number of hydrogen-bond donors (Lipinski definition) is 2. The number of aliphatic hydroxyl groups is 1. The SMILES string of the molecule is CN(C[C@H](O)COc1ccccc1CNC1CCCC1)C1CCCCC1. The van der Waals surface area contributed by atoms with Crippen LogP contribution in [0.2, 0.25) is 0 Å². The summed E-state index contributed by atoms with van der Waals surface area (Å²) in [5.74, 6) is 0.900. The van der Waals surface area contributed by atoms with E-state index in [2.05, 4.69) is 29.4 Å². The molecule has 1 atom stereocenters. The van der Waals surface area contributed by atoms with E-state index in [1.807, 2.05) is 12.1 Å². The van der Waals surface area contributed by atoms with Gasteiger partial charge < -0.3 is 20.1 Å². The van der Waals surface area contributed by atoms with Crippen molar-refractivity contribution in [1.82, 2.24) is 10.2 Å². The Labute approximate surface area is 158 Å². The minimum atomic E-state index is -0.447. The van der Waals surface area contributed by atoms with Crippen LogP contribution in [-0.4, -0.2) is 48.4 Å². The molecular formula is C22H36N2O2. The van der Waals surface area contributed by atoms with Crippen LogP contribution in [0, 0.1) is 0 Å². The number of ether oxygens (including phenoxy) is 1. The lowest BCUT2D eigenvalue weighted by molar-refractivity contribution is 0.0558.